The Hall–Kier alpha value is -1.46. The normalized spacial score (nSPS) is 16.6. The van der Waals surface area contributed by atoms with Gasteiger partial charge in [-0.3, -0.25) is 9.69 Å². The maximum absolute atomic E-state index is 12.0. The second kappa shape index (κ2) is 5.67. The number of hydrogen-bond donors (Lipinski definition) is 1. The minimum Gasteiger partial charge on any atom is -0.301 e. The number of piperidine rings is 1. The fourth-order valence-corrected chi connectivity index (χ4v) is 3.29. The number of aromatic nitrogens is 1. The van der Waals surface area contributed by atoms with Crippen LogP contribution in [0.5, 0.6) is 0 Å². The molecule has 19 heavy (non-hydrogen) atoms. The smallest absolute Gasteiger partial charge is 0.240 e. The number of thiazole rings is 1. The van der Waals surface area contributed by atoms with Gasteiger partial charge in [-0.15, -0.1) is 0 Å². The second-order valence-corrected chi connectivity index (χ2v) is 5.90. The summed E-state index contributed by atoms with van der Waals surface area (Å²) >= 11 is 1.53. The first-order valence-electron chi connectivity index (χ1n) is 6.69. The summed E-state index contributed by atoms with van der Waals surface area (Å²) in [6.45, 7) is 2.55. The van der Waals surface area contributed by atoms with Gasteiger partial charge in [0.2, 0.25) is 5.91 Å². The number of rotatable bonds is 3. The van der Waals surface area contributed by atoms with Crippen molar-refractivity contribution in [3.05, 3.63) is 24.3 Å². The Morgan fingerprint density at radius 3 is 2.84 bits per heavy atom. The number of amides is 1. The first-order valence-corrected chi connectivity index (χ1v) is 7.51. The minimum absolute atomic E-state index is 0.0426. The first-order chi connectivity index (χ1) is 9.31. The van der Waals surface area contributed by atoms with Crippen molar-refractivity contribution in [1.29, 1.82) is 0 Å². The highest BCUT2D eigenvalue weighted by Gasteiger charge is 2.14. The summed E-state index contributed by atoms with van der Waals surface area (Å²) < 4.78 is 1.11. The number of para-hydroxylation sites is 1. The molecule has 1 N–H and O–H groups in total. The van der Waals surface area contributed by atoms with Gasteiger partial charge in [-0.2, -0.15) is 0 Å². The molecule has 4 nitrogen and oxygen atoms in total. The van der Waals surface area contributed by atoms with Crippen LogP contribution < -0.4 is 5.32 Å². The van der Waals surface area contributed by atoms with Crippen LogP contribution in [0.15, 0.2) is 24.3 Å². The number of anilines is 1. The zero-order chi connectivity index (χ0) is 13.1. The van der Waals surface area contributed by atoms with E-state index >= 15 is 0 Å². The molecule has 0 unspecified atom stereocenters. The number of carbonyl (C=O) groups is 1. The molecule has 0 atom stereocenters. The van der Waals surface area contributed by atoms with Crippen molar-refractivity contribution in [2.45, 2.75) is 19.3 Å². The van der Waals surface area contributed by atoms with Crippen LogP contribution in [0.2, 0.25) is 0 Å². The number of likely N-dealkylation sites (tertiary alicyclic amines) is 1. The van der Waals surface area contributed by atoms with E-state index < -0.39 is 0 Å². The molecule has 2 aromatic rings. The molecule has 5 heteroatoms. The van der Waals surface area contributed by atoms with Crippen molar-refractivity contribution in [3.8, 4) is 0 Å². The predicted molar refractivity (Wildman–Crippen MR) is 78.5 cm³/mol. The van der Waals surface area contributed by atoms with Gasteiger partial charge < -0.3 is 5.32 Å². The highest BCUT2D eigenvalue weighted by molar-refractivity contribution is 7.22. The Bertz CT molecular complexity index is 542. The molecule has 3 rings (SSSR count). The maximum atomic E-state index is 12.0. The third-order valence-electron chi connectivity index (χ3n) is 3.36. The molecule has 100 valence electrons. The van der Waals surface area contributed by atoms with Gasteiger partial charge in [-0.05, 0) is 38.1 Å². The van der Waals surface area contributed by atoms with Crippen LogP contribution in [0.25, 0.3) is 10.2 Å². The Kier molecular flexibility index (Phi) is 3.75. The number of nitrogens with one attached hydrogen (secondary N) is 1. The van der Waals surface area contributed by atoms with Crippen molar-refractivity contribution >= 4 is 32.6 Å². The van der Waals surface area contributed by atoms with E-state index in [1.165, 1.54) is 30.6 Å². The predicted octanol–water partition coefficient (Wildman–Crippen LogP) is 2.72. The fourth-order valence-electron chi connectivity index (χ4n) is 2.41. The molecule has 0 bridgehead atoms. The number of nitrogens with zero attached hydrogens (tertiary/aromatic N) is 2. The zero-order valence-corrected chi connectivity index (χ0v) is 11.6. The SMILES string of the molecule is O=C(CN1CCCCC1)Nc1nc2ccccc2s1. The molecule has 1 aromatic carbocycles. The van der Waals surface area contributed by atoms with Crippen LogP contribution in [0.1, 0.15) is 19.3 Å². The maximum Gasteiger partial charge on any atom is 0.240 e. The van der Waals surface area contributed by atoms with E-state index in [4.69, 9.17) is 0 Å². The number of hydrogen-bond acceptors (Lipinski definition) is 4. The van der Waals surface area contributed by atoms with Gasteiger partial charge in [0.1, 0.15) is 0 Å². The van der Waals surface area contributed by atoms with Crippen molar-refractivity contribution in [1.82, 2.24) is 9.88 Å². The van der Waals surface area contributed by atoms with E-state index in [-0.39, 0.29) is 5.91 Å². The van der Waals surface area contributed by atoms with Gasteiger partial charge in [0, 0.05) is 0 Å². The van der Waals surface area contributed by atoms with Crippen LogP contribution in [0, 0.1) is 0 Å². The summed E-state index contributed by atoms with van der Waals surface area (Å²) in [5.41, 5.74) is 0.945. The molecule has 2 heterocycles. The van der Waals surface area contributed by atoms with Crippen molar-refractivity contribution in [2.75, 3.05) is 25.0 Å². The van der Waals surface area contributed by atoms with Gasteiger partial charge >= 0.3 is 0 Å². The van der Waals surface area contributed by atoms with Gasteiger partial charge in [0.15, 0.2) is 5.13 Å². The Labute approximate surface area is 116 Å². The monoisotopic (exact) mass is 275 g/mol. The lowest BCUT2D eigenvalue weighted by atomic mass is 10.1. The van der Waals surface area contributed by atoms with E-state index in [1.54, 1.807) is 0 Å². The quantitative estimate of drug-likeness (QED) is 0.936. The molecular formula is C14H17N3OS. The molecular weight excluding hydrogens is 258 g/mol. The van der Waals surface area contributed by atoms with Crippen molar-refractivity contribution in [3.63, 3.8) is 0 Å². The Morgan fingerprint density at radius 2 is 2.05 bits per heavy atom. The molecule has 0 saturated carbocycles. The Balaban J connectivity index is 1.62. The van der Waals surface area contributed by atoms with E-state index in [2.05, 4.69) is 15.2 Å². The lowest BCUT2D eigenvalue weighted by Crippen LogP contribution is -2.36. The van der Waals surface area contributed by atoms with Crippen LogP contribution in [-0.2, 0) is 4.79 Å². The molecule has 1 fully saturated rings. The average Bonchev–Trinajstić information content (AvgIpc) is 2.81. The standard InChI is InChI=1S/C14H17N3OS/c18-13(10-17-8-4-1-5-9-17)16-14-15-11-6-2-3-7-12(11)19-14/h2-3,6-7H,1,4-5,8-10H2,(H,15,16,18). The van der Waals surface area contributed by atoms with E-state index in [1.807, 2.05) is 24.3 Å². The van der Waals surface area contributed by atoms with E-state index in [9.17, 15) is 4.79 Å². The molecule has 0 spiro atoms. The van der Waals surface area contributed by atoms with Crippen LogP contribution in [0.4, 0.5) is 5.13 Å². The van der Waals surface area contributed by atoms with Gasteiger partial charge in [0.25, 0.3) is 0 Å². The van der Waals surface area contributed by atoms with Crippen LogP contribution >= 0.6 is 11.3 Å². The molecule has 1 saturated heterocycles. The average molecular weight is 275 g/mol. The number of fused-ring (bicyclic) bond motifs is 1. The van der Waals surface area contributed by atoms with Gasteiger partial charge in [-0.1, -0.05) is 29.9 Å². The van der Waals surface area contributed by atoms with Gasteiger partial charge in [0.05, 0.1) is 16.8 Å². The van der Waals surface area contributed by atoms with Crippen molar-refractivity contribution < 1.29 is 4.79 Å². The molecule has 0 radical (unpaired) electrons. The van der Waals surface area contributed by atoms with Crippen LogP contribution in [-0.4, -0.2) is 35.4 Å². The van der Waals surface area contributed by atoms with E-state index in [0.29, 0.717) is 11.7 Å². The van der Waals surface area contributed by atoms with E-state index in [0.717, 1.165) is 23.3 Å². The summed E-state index contributed by atoms with van der Waals surface area (Å²) in [6, 6.07) is 7.93. The highest BCUT2D eigenvalue weighted by Crippen LogP contribution is 2.25. The topological polar surface area (TPSA) is 45.2 Å². The summed E-state index contributed by atoms with van der Waals surface area (Å²) in [5.74, 6) is 0.0426. The largest absolute Gasteiger partial charge is 0.301 e. The van der Waals surface area contributed by atoms with Crippen LogP contribution in [0.3, 0.4) is 0 Å². The summed E-state index contributed by atoms with van der Waals surface area (Å²) in [4.78, 5) is 18.6. The summed E-state index contributed by atoms with van der Waals surface area (Å²) in [7, 11) is 0. The lowest BCUT2D eigenvalue weighted by Gasteiger charge is -2.25. The molecule has 1 aromatic heterocycles. The number of benzene rings is 1. The fraction of sp³-hybridized carbons (Fsp3) is 0.429. The third-order valence-corrected chi connectivity index (χ3v) is 4.31. The first kappa shape index (κ1) is 12.6. The third kappa shape index (κ3) is 3.11. The lowest BCUT2D eigenvalue weighted by molar-refractivity contribution is -0.117. The zero-order valence-electron chi connectivity index (χ0n) is 10.8. The molecule has 1 aliphatic heterocycles. The second-order valence-electron chi connectivity index (χ2n) is 4.87. The van der Waals surface area contributed by atoms with Gasteiger partial charge in [-0.25, -0.2) is 4.98 Å². The molecule has 0 aliphatic carbocycles. The van der Waals surface area contributed by atoms with Crippen molar-refractivity contribution in [2.24, 2.45) is 0 Å². The Morgan fingerprint density at radius 1 is 1.26 bits per heavy atom. The number of carbonyl (C=O) groups excluding carboxylic acids is 1. The minimum atomic E-state index is 0.0426. The molecule has 1 aliphatic rings. The summed E-state index contributed by atoms with van der Waals surface area (Å²) in [6.07, 6.45) is 3.69. The highest BCUT2D eigenvalue weighted by atomic mass is 32.1. The summed E-state index contributed by atoms with van der Waals surface area (Å²) in [5, 5.41) is 3.60. The molecule has 1 amide bonds.